The molecule has 0 aromatic heterocycles. The van der Waals surface area contributed by atoms with Crippen LogP contribution in [0.4, 0.5) is 4.39 Å². The molecule has 0 aliphatic heterocycles. The van der Waals surface area contributed by atoms with Crippen LogP contribution < -0.4 is 5.32 Å². The highest BCUT2D eigenvalue weighted by Gasteiger charge is 2.15. The number of nitrogens with one attached hydrogen (secondary N) is 1. The third-order valence-corrected chi connectivity index (χ3v) is 3.83. The Balaban J connectivity index is 2.31. The van der Waals surface area contributed by atoms with Crippen molar-refractivity contribution < 1.29 is 4.39 Å². The zero-order valence-corrected chi connectivity index (χ0v) is 12.5. The van der Waals surface area contributed by atoms with Crippen LogP contribution in [-0.4, -0.2) is 7.05 Å². The molecule has 1 atom stereocenters. The molecule has 2 aromatic rings. The topological polar surface area (TPSA) is 12.0 Å². The van der Waals surface area contributed by atoms with Crippen LogP contribution in [0.5, 0.6) is 0 Å². The van der Waals surface area contributed by atoms with Crippen LogP contribution in [0.3, 0.4) is 0 Å². The van der Waals surface area contributed by atoms with Gasteiger partial charge in [-0.25, -0.2) is 4.39 Å². The van der Waals surface area contributed by atoms with Crippen molar-refractivity contribution in [1.82, 2.24) is 5.32 Å². The van der Waals surface area contributed by atoms with E-state index in [1.54, 1.807) is 12.1 Å². The summed E-state index contributed by atoms with van der Waals surface area (Å²) in [6.45, 7) is 2.13. The standard InChI is InChI=1S/C17H19ClFN/c1-3-12-6-4-5-7-15(12)17(20-2)11-13-10-14(18)8-9-16(13)19/h4-10,17,20H,3,11H2,1-2H3. The maximum absolute atomic E-state index is 13.9. The Labute approximate surface area is 124 Å². The predicted molar refractivity (Wildman–Crippen MR) is 82.7 cm³/mol. The fourth-order valence-electron chi connectivity index (χ4n) is 2.48. The molecule has 20 heavy (non-hydrogen) atoms. The maximum atomic E-state index is 13.9. The fraction of sp³-hybridized carbons (Fsp3) is 0.294. The molecule has 106 valence electrons. The Bertz CT molecular complexity index is 583. The number of halogens is 2. The molecule has 0 radical (unpaired) electrons. The molecule has 0 aliphatic rings. The van der Waals surface area contributed by atoms with Crippen LogP contribution in [0.25, 0.3) is 0 Å². The SMILES string of the molecule is CCc1ccccc1C(Cc1cc(Cl)ccc1F)NC. The number of hydrogen-bond donors (Lipinski definition) is 1. The minimum atomic E-state index is -0.205. The van der Waals surface area contributed by atoms with E-state index < -0.39 is 0 Å². The van der Waals surface area contributed by atoms with E-state index in [-0.39, 0.29) is 11.9 Å². The number of benzene rings is 2. The van der Waals surface area contributed by atoms with Crippen LogP contribution in [-0.2, 0) is 12.8 Å². The van der Waals surface area contributed by atoms with Crippen molar-refractivity contribution in [2.24, 2.45) is 0 Å². The van der Waals surface area contributed by atoms with Gasteiger partial charge in [0, 0.05) is 11.1 Å². The van der Waals surface area contributed by atoms with E-state index in [1.807, 2.05) is 19.2 Å². The first kappa shape index (κ1) is 15.0. The lowest BCUT2D eigenvalue weighted by molar-refractivity contribution is 0.551. The van der Waals surface area contributed by atoms with Gasteiger partial charge in [0.2, 0.25) is 0 Å². The smallest absolute Gasteiger partial charge is 0.126 e. The Morgan fingerprint density at radius 3 is 2.60 bits per heavy atom. The average molecular weight is 292 g/mol. The summed E-state index contributed by atoms with van der Waals surface area (Å²) < 4.78 is 13.9. The van der Waals surface area contributed by atoms with E-state index in [0.717, 1.165) is 6.42 Å². The number of rotatable bonds is 5. The molecule has 1 nitrogen and oxygen atoms in total. The highest BCUT2D eigenvalue weighted by molar-refractivity contribution is 6.30. The van der Waals surface area contributed by atoms with Crippen LogP contribution >= 0.6 is 11.6 Å². The average Bonchev–Trinajstić information content (AvgIpc) is 2.48. The summed E-state index contributed by atoms with van der Waals surface area (Å²) >= 11 is 5.96. The first-order chi connectivity index (χ1) is 9.65. The molecule has 0 heterocycles. The van der Waals surface area contributed by atoms with E-state index in [9.17, 15) is 4.39 Å². The lowest BCUT2D eigenvalue weighted by atomic mass is 9.93. The van der Waals surface area contributed by atoms with Crippen molar-refractivity contribution in [3.63, 3.8) is 0 Å². The molecule has 1 unspecified atom stereocenters. The molecular weight excluding hydrogens is 273 g/mol. The molecule has 0 amide bonds. The first-order valence-corrected chi connectivity index (χ1v) is 7.22. The molecule has 0 spiro atoms. The fourth-order valence-corrected chi connectivity index (χ4v) is 2.68. The summed E-state index contributed by atoms with van der Waals surface area (Å²) in [7, 11) is 1.90. The number of aryl methyl sites for hydroxylation is 1. The second-order valence-corrected chi connectivity index (χ2v) is 5.27. The second-order valence-electron chi connectivity index (χ2n) is 4.83. The van der Waals surface area contributed by atoms with Crippen molar-refractivity contribution in [3.05, 3.63) is 70.0 Å². The Kier molecular flexibility index (Phi) is 5.16. The minimum absolute atomic E-state index is 0.0825. The van der Waals surface area contributed by atoms with Crippen molar-refractivity contribution in [2.75, 3.05) is 7.05 Å². The molecule has 2 rings (SSSR count). The summed E-state index contributed by atoms with van der Waals surface area (Å²) in [5, 5.41) is 3.85. The molecule has 0 bridgehead atoms. The second kappa shape index (κ2) is 6.87. The highest BCUT2D eigenvalue weighted by atomic mass is 35.5. The Morgan fingerprint density at radius 1 is 1.15 bits per heavy atom. The van der Waals surface area contributed by atoms with Gasteiger partial charge < -0.3 is 5.32 Å². The monoisotopic (exact) mass is 291 g/mol. The summed E-state index contributed by atoms with van der Waals surface area (Å²) in [5.74, 6) is -0.205. The quantitative estimate of drug-likeness (QED) is 0.852. The predicted octanol–water partition coefficient (Wildman–Crippen LogP) is 4.54. The molecule has 3 heteroatoms. The molecule has 1 N–H and O–H groups in total. The van der Waals surface area contributed by atoms with Crippen molar-refractivity contribution >= 4 is 11.6 Å². The van der Waals surface area contributed by atoms with Crippen molar-refractivity contribution in [1.29, 1.82) is 0 Å². The largest absolute Gasteiger partial charge is 0.313 e. The van der Waals surface area contributed by atoms with Gasteiger partial charge in [-0.3, -0.25) is 0 Å². The lowest BCUT2D eigenvalue weighted by Crippen LogP contribution is -2.20. The first-order valence-electron chi connectivity index (χ1n) is 6.84. The van der Waals surface area contributed by atoms with Crippen LogP contribution in [0, 0.1) is 5.82 Å². The summed E-state index contributed by atoms with van der Waals surface area (Å²) in [4.78, 5) is 0. The van der Waals surface area contributed by atoms with Gasteiger partial charge in [0.25, 0.3) is 0 Å². The molecule has 0 saturated carbocycles. The van der Waals surface area contributed by atoms with E-state index in [2.05, 4.69) is 24.4 Å². The lowest BCUT2D eigenvalue weighted by Gasteiger charge is -2.20. The normalized spacial score (nSPS) is 12.4. The molecular formula is C17H19ClFN. The van der Waals surface area contributed by atoms with Gasteiger partial charge in [0.15, 0.2) is 0 Å². The summed E-state index contributed by atoms with van der Waals surface area (Å²) in [5.41, 5.74) is 3.15. The number of hydrogen-bond acceptors (Lipinski definition) is 1. The Hall–Kier alpha value is -1.38. The summed E-state index contributed by atoms with van der Waals surface area (Å²) in [6.07, 6.45) is 1.55. The van der Waals surface area contributed by atoms with E-state index >= 15 is 0 Å². The number of likely N-dealkylation sites (N-methyl/N-ethyl adjacent to an activating group) is 1. The van der Waals surface area contributed by atoms with Gasteiger partial charge in [-0.1, -0.05) is 42.8 Å². The minimum Gasteiger partial charge on any atom is -0.313 e. The molecule has 0 aliphatic carbocycles. The molecule has 0 saturated heterocycles. The van der Waals surface area contributed by atoms with Gasteiger partial charge in [-0.05, 0) is 54.8 Å². The zero-order valence-electron chi connectivity index (χ0n) is 11.8. The third kappa shape index (κ3) is 3.38. The zero-order chi connectivity index (χ0) is 14.5. The van der Waals surface area contributed by atoms with Gasteiger partial charge in [0.05, 0.1) is 0 Å². The maximum Gasteiger partial charge on any atom is 0.126 e. The van der Waals surface area contributed by atoms with E-state index in [0.29, 0.717) is 17.0 Å². The van der Waals surface area contributed by atoms with Gasteiger partial charge >= 0.3 is 0 Å². The van der Waals surface area contributed by atoms with Gasteiger partial charge in [-0.15, -0.1) is 0 Å². The molecule has 0 fully saturated rings. The van der Waals surface area contributed by atoms with Crippen LogP contribution in [0.2, 0.25) is 5.02 Å². The van der Waals surface area contributed by atoms with Gasteiger partial charge in [0.1, 0.15) is 5.82 Å². The Morgan fingerprint density at radius 2 is 1.90 bits per heavy atom. The van der Waals surface area contributed by atoms with E-state index in [4.69, 9.17) is 11.6 Å². The third-order valence-electron chi connectivity index (χ3n) is 3.59. The van der Waals surface area contributed by atoms with Crippen LogP contribution in [0.1, 0.15) is 29.7 Å². The summed E-state index contributed by atoms with van der Waals surface area (Å²) in [6, 6.07) is 13.1. The molecule has 2 aromatic carbocycles. The van der Waals surface area contributed by atoms with E-state index in [1.165, 1.54) is 17.2 Å². The van der Waals surface area contributed by atoms with Crippen molar-refractivity contribution in [2.45, 2.75) is 25.8 Å². The van der Waals surface area contributed by atoms with Gasteiger partial charge in [-0.2, -0.15) is 0 Å². The van der Waals surface area contributed by atoms with Crippen LogP contribution in [0.15, 0.2) is 42.5 Å². The van der Waals surface area contributed by atoms with Crippen molar-refractivity contribution in [3.8, 4) is 0 Å². The highest BCUT2D eigenvalue weighted by Crippen LogP contribution is 2.25.